The van der Waals surface area contributed by atoms with E-state index in [4.69, 9.17) is 5.73 Å². The summed E-state index contributed by atoms with van der Waals surface area (Å²) in [6, 6.07) is 12.2. The van der Waals surface area contributed by atoms with Crippen molar-refractivity contribution in [3.63, 3.8) is 0 Å². The first-order valence-corrected chi connectivity index (χ1v) is 9.50. The molecule has 7 nitrogen and oxygen atoms in total. The van der Waals surface area contributed by atoms with Crippen molar-refractivity contribution in [2.45, 2.75) is 32.4 Å². The van der Waals surface area contributed by atoms with Gasteiger partial charge in [0.2, 0.25) is 17.7 Å². The van der Waals surface area contributed by atoms with Gasteiger partial charge < -0.3 is 20.9 Å². The van der Waals surface area contributed by atoms with Gasteiger partial charge in [-0.25, -0.2) is 0 Å². The van der Waals surface area contributed by atoms with Gasteiger partial charge in [0.25, 0.3) is 0 Å². The van der Waals surface area contributed by atoms with E-state index >= 15 is 0 Å². The number of carbonyl (C=O) groups is 3. The van der Waals surface area contributed by atoms with Gasteiger partial charge in [-0.1, -0.05) is 24.3 Å². The summed E-state index contributed by atoms with van der Waals surface area (Å²) in [7, 11) is 0. The lowest BCUT2D eigenvalue weighted by atomic mass is 10.1. The number of aromatic amines is 1. The third-order valence-corrected chi connectivity index (χ3v) is 5.43. The Morgan fingerprint density at radius 3 is 2.83 bits per heavy atom. The number of para-hydroxylation sites is 1. The molecular weight excluding hydrogens is 368 g/mol. The number of nitrogens with one attached hydrogen (secondary N) is 2. The molecule has 1 aliphatic heterocycles. The number of aromatic nitrogens is 1. The van der Waals surface area contributed by atoms with Crippen molar-refractivity contribution in [3.05, 3.63) is 65.4 Å². The lowest BCUT2D eigenvalue weighted by molar-refractivity contribution is -0.133. The minimum absolute atomic E-state index is 0.0435. The van der Waals surface area contributed by atoms with Crippen LogP contribution in [0, 0.1) is 6.92 Å². The van der Waals surface area contributed by atoms with Gasteiger partial charge in [0, 0.05) is 41.3 Å². The number of amides is 3. The molecule has 2 heterocycles. The van der Waals surface area contributed by atoms with Gasteiger partial charge >= 0.3 is 0 Å². The molecule has 3 aromatic rings. The van der Waals surface area contributed by atoms with Gasteiger partial charge in [-0.2, -0.15) is 0 Å². The van der Waals surface area contributed by atoms with Crippen LogP contribution in [0.15, 0.2) is 48.7 Å². The number of aryl methyl sites for hydroxylation is 1. The minimum atomic E-state index is -0.562. The number of nitrogens with two attached hydrogens (primary N) is 1. The summed E-state index contributed by atoms with van der Waals surface area (Å²) in [5.41, 5.74) is 8.97. The first-order chi connectivity index (χ1) is 13.9. The van der Waals surface area contributed by atoms with Crippen molar-refractivity contribution in [3.8, 4) is 0 Å². The second-order valence-electron chi connectivity index (χ2n) is 7.32. The number of hydrogen-bond acceptors (Lipinski definition) is 3. The molecule has 1 unspecified atom stereocenters. The lowest BCUT2D eigenvalue weighted by Gasteiger charge is -2.24. The molecule has 4 rings (SSSR count). The van der Waals surface area contributed by atoms with E-state index in [1.54, 1.807) is 23.1 Å². The van der Waals surface area contributed by atoms with Crippen LogP contribution < -0.4 is 11.1 Å². The van der Waals surface area contributed by atoms with Gasteiger partial charge in [0.15, 0.2) is 0 Å². The second-order valence-corrected chi connectivity index (χ2v) is 7.32. The molecule has 1 aliphatic rings. The molecule has 148 valence electrons. The highest BCUT2D eigenvalue weighted by molar-refractivity contribution is 6.01. The molecule has 1 atom stereocenters. The van der Waals surface area contributed by atoms with Crippen molar-refractivity contribution in [1.29, 1.82) is 0 Å². The normalized spacial score (nSPS) is 16.4. The maximum absolute atomic E-state index is 13.0. The Morgan fingerprint density at radius 1 is 1.24 bits per heavy atom. The fourth-order valence-electron chi connectivity index (χ4n) is 3.78. The van der Waals surface area contributed by atoms with Crippen LogP contribution >= 0.6 is 0 Å². The predicted molar refractivity (Wildman–Crippen MR) is 110 cm³/mol. The Kier molecular flexibility index (Phi) is 4.80. The van der Waals surface area contributed by atoms with Gasteiger partial charge in [0.05, 0.1) is 0 Å². The number of hydrogen-bond donors (Lipinski definition) is 3. The lowest BCUT2D eigenvalue weighted by Crippen LogP contribution is -2.41. The average molecular weight is 390 g/mol. The third kappa shape index (κ3) is 3.59. The number of nitrogens with zero attached hydrogens (tertiary/aromatic N) is 1. The number of fused-ring (bicyclic) bond motifs is 1. The van der Waals surface area contributed by atoms with Gasteiger partial charge in [-0.3, -0.25) is 14.4 Å². The molecule has 29 heavy (non-hydrogen) atoms. The number of H-pyrrole nitrogens is 1. The van der Waals surface area contributed by atoms with Gasteiger partial charge in [0.1, 0.15) is 6.04 Å². The molecule has 1 fully saturated rings. The zero-order chi connectivity index (χ0) is 20.5. The molecule has 1 aromatic heterocycles. The Hall–Kier alpha value is -3.61. The number of likely N-dealkylation sites (tertiary alicyclic amines) is 1. The van der Waals surface area contributed by atoms with E-state index in [0.717, 1.165) is 22.0 Å². The predicted octanol–water partition coefficient (Wildman–Crippen LogP) is 2.70. The minimum Gasteiger partial charge on any atom is -0.366 e. The molecule has 0 spiro atoms. The van der Waals surface area contributed by atoms with E-state index in [9.17, 15) is 14.4 Å². The summed E-state index contributed by atoms with van der Waals surface area (Å²) in [6.45, 7) is 2.20. The average Bonchev–Trinajstić information content (AvgIpc) is 3.28. The quantitative estimate of drug-likeness (QED) is 0.623. The Bertz CT molecular complexity index is 1120. The topological polar surface area (TPSA) is 108 Å². The van der Waals surface area contributed by atoms with Crippen molar-refractivity contribution in [2.75, 3.05) is 5.32 Å². The van der Waals surface area contributed by atoms with Crippen molar-refractivity contribution in [1.82, 2.24) is 9.88 Å². The van der Waals surface area contributed by atoms with E-state index in [0.29, 0.717) is 30.6 Å². The first-order valence-electron chi connectivity index (χ1n) is 9.50. The van der Waals surface area contributed by atoms with Crippen molar-refractivity contribution >= 4 is 34.3 Å². The van der Waals surface area contributed by atoms with Crippen LogP contribution in [-0.2, 0) is 16.1 Å². The molecule has 1 saturated heterocycles. The SMILES string of the molecule is Cc1ccc(C(N)=O)cc1NC(=O)C1CCC(=O)N1Cc1c[nH]c2ccccc12. The van der Waals surface area contributed by atoms with Crippen LogP contribution in [0.3, 0.4) is 0 Å². The monoisotopic (exact) mass is 390 g/mol. The van der Waals surface area contributed by atoms with Gasteiger partial charge in [-0.15, -0.1) is 0 Å². The zero-order valence-electron chi connectivity index (χ0n) is 16.1. The Labute approximate surface area is 167 Å². The summed E-state index contributed by atoms with van der Waals surface area (Å²) < 4.78 is 0. The highest BCUT2D eigenvalue weighted by atomic mass is 16.2. The molecule has 0 bridgehead atoms. The molecule has 7 heteroatoms. The van der Waals surface area contributed by atoms with Crippen LogP contribution in [0.4, 0.5) is 5.69 Å². The number of benzene rings is 2. The van der Waals surface area contributed by atoms with Crippen molar-refractivity contribution in [2.24, 2.45) is 5.73 Å². The summed E-state index contributed by atoms with van der Waals surface area (Å²) in [6.07, 6.45) is 2.67. The number of primary amides is 1. The number of anilines is 1. The van der Waals surface area contributed by atoms with E-state index in [1.165, 1.54) is 0 Å². The molecule has 3 amide bonds. The summed E-state index contributed by atoms with van der Waals surface area (Å²) in [4.78, 5) is 41.7. The maximum atomic E-state index is 13.0. The second kappa shape index (κ2) is 7.43. The molecule has 0 saturated carbocycles. The van der Waals surface area contributed by atoms with E-state index in [2.05, 4.69) is 10.3 Å². The van der Waals surface area contributed by atoms with Gasteiger partial charge in [-0.05, 0) is 42.7 Å². The highest BCUT2D eigenvalue weighted by Gasteiger charge is 2.36. The van der Waals surface area contributed by atoms with E-state index in [1.807, 2.05) is 37.4 Å². The standard InChI is InChI=1S/C22H22N4O3/c1-13-6-7-14(21(23)28)10-18(13)25-22(29)19-8-9-20(27)26(19)12-15-11-24-17-5-3-2-4-16(15)17/h2-7,10-11,19,24H,8-9,12H2,1H3,(H2,23,28)(H,25,29). The number of rotatable bonds is 5. The fraction of sp³-hybridized carbons (Fsp3) is 0.227. The van der Waals surface area contributed by atoms with E-state index in [-0.39, 0.29) is 11.8 Å². The molecule has 0 radical (unpaired) electrons. The largest absolute Gasteiger partial charge is 0.366 e. The molecule has 0 aliphatic carbocycles. The summed E-state index contributed by atoms with van der Waals surface area (Å²) >= 11 is 0. The maximum Gasteiger partial charge on any atom is 0.248 e. The smallest absolute Gasteiger partial charge is 0.248 e. The van der Waals surface area contributed by atoms with Crippen LogP contribution in [-0.4, -0.2) is 33.6 Å². The summed E-state index contributed by atoms with van der Waals surface area (Å²) in [5, 5.41) is 3.90. The van der Waals surface area contributed by atoms with E-state index < -0.39 is 11.9 Å². The number of carbonyl (C=O) groups excluding carboxylic acids is 3. The van der Waals surface area contributed by atoms with Crippen LogP contribution in [0.25, 0.3) is 10.9 Å². The fourth-order valence-corrected chi connectivity index (χ4v) is 3.78. The molecule has 4 N–H and O–H groups in total. The zero-order valence-corrected chi connectivity index (χ0v) is 16.1. The van der Waals surface area contributed by atoms with Crippen molar-refractivity contribution < 1.29 is 14.4 Å². The van der Waals surface area contributed by atoms with Crippen LogP contribution in [0.1, 0.15) is 34.3 Å². The Balaban J connectivity index is 1.56. The first kappa shape index (κ1) is 18.7. The molecular formula is C22H22N4O3. The van der Waals surface area contributed by atoms with Crippen LogP contribution in [0.2, 0.25) is 0 Å². The van der Waals surface area contributed by atoms with Crippen LogP contribution in [0.5, 0.6) is 0 Å². The highest BCUT2D eigenvalue weighted by Crippen LogP contribution is 2.27. The summed E-state index contributed by atoms with van der Waals surface area (Å²) in [5.74, 6) is -0.865. The molecule has 2 aromatic carbocycles. The third-order valence-electron chi connectivity index (χ3n) is 5.43. The Morgan fingerprint density at radius 2 is 2.03 bits per heavy atom.